The quantitative estimate of drug-likeness (QED) is 0.450. The van der Waals surface area contributed by atoms with Crippen molar-refractivity contribution < 1.29 is 22.0 Å². The molecule has 142 valence electrons. The van der Waals surface area contributed by atoms with Crippen LogP contribution in [-0.2, 0) is 5.41 Å². The van der Waals surface area contributed by atoms with Crippen molar-refractivity contribution in [3.8, 4) is 11.1 Å². The number of hydrogen-bond acceptors (Lipinski definition) is 2. The van der Waals surface area contributed by atoms with E-state index in [4.69, 9.17) is 0 Å². The van der Waals surface area contributed by atoms with E-state index < -0.39 is 23.2 Å². The van der Waals surface area contributed by atoms with Crippen LogP contribution < -0.4 is 0 Å². The van der Waals surface area contributed by atoms with Crippen molar-refractivity contribution >= 4 is 21.7 Å². The van der Waals surface area contributed by atoms with E-state index in [2.05, 4.69) is 15.2 Å². The van der Waals surface area contributed by atoms with Gasteiger partial charge in [-0.3, -0.25) is 10.1 Å². The number of benzene rings is 2. The van der Waals surface area contributed by atoms with E-state index in [1.807, 2.05) is 0 Å². The summed E-state index contributed by atoms with van der Waals surface area (Å²) >= 11 is 0. The molecule has 0 spiro atoms. The predicted molar refractivity (Wildman–Crippen MR) is 93.7 cm³/mol. The first kappa shape index (κ1) is 17.1. The van der Waals surface area contributed by atoms with Gasteiger partial charge >= 0.3 is 6.18 Å². The Morgan fingerprint density at radius 1 is 0.929 bits per heavy atom. The molecule has 2 heterocycles. The second kappa shape index (κ2) is 5.50. The normalized spacial score (nSPS) is 16.0. The maximum Gasteiger partial charge on any atom is 0.399 e. The van der Waals surface area contributed by atoms with Crippen LogP contribution in [0.15, 0.2) is 42.7 Å². The zero-order valence-corrected chi connectivity index (χ0v) is 14.2. The number of alkyl halides is 3. The van der Waals surface area contributed by atoms with Gasteiger partial charge in [0.25, 0.3) is 0 Å². The molecule has 8 heteroatoms. The number of pyridine rings is 1. The zero-order chi connectivity index (χ0) is 19.7. The molecule has 1 aliphatic rings. The Labute approximate surface area is 155 Å². The fourth-order valence-corrected chi connectivity index (χ4v) is 3.74. The molecule has 3 nitrogen and oxygen atoms in total. The average Bonchev–Trinajstić information content (AvgIpc) is 3.35. The predicted octanol–water partition coefficient (Wildman–Crippen LogP) is 5.65. The summed E-state index contributed by atoms with van der Waals surface area (Å²) in [5.41, 5.74) is -1.18. The van der Waals surface area contributed by atoms with Crippen molar-refractivity contribution in [2.45, 2.75) is 24.4 Å². The van der Waals surface area contributed by atoms with Gasteiger partial charge in [0.15, 0.2) is 11.6 Å². The Morgan fingerprint density at radius 3 is 2.39 bits per heavy atom. The van der Waals surface area contributed by atoms with E-state index in [0.29, 0.717) is 21.7 Å². The van der Waals surface area contributed by atoms with Gasteiger partial charge < -0.3 is 0 Å². The van der Waals surface area contributed by atoms with Crippen LogP contribution in [0.4, 0.5) is 22.0 Å². The summed E-state index contributed by atoms with van der Waals surface area (Å²) < 4.78 is 68.9. The third-order valence-electron chi connectivity index (χ3n) is 5.40. The van der Waals surface area contributed by atoms with E-state index in [9.17, 15) is 22.0 Å². The summed E-state index contributed by atoms with van der Waals surface area (Å²) in [7, 11) is 0. The van der Waals surface area contributed by atoms with E-state index in [1.54, 1.807) is 18.3 Å². The highest BCUT2D eigenvalue weighted by molar-refractivity contribution is 6.04. The van der Waals surface area contributed by atoms with Gasteiger partial charge in [-0.25, -0.2) is 8.78 Å². The van der Waals surface area contributed by atoms with Gasteiger partial charge in [-0.05, 0) is 48.1 Å². The molecule has 0 radical (unpaired) electrons. The van der Waals surface area contributed by atoms with Crippen LogP contribution in [0.5, 0.6) is 0 Å². The fraction of sp³-hybridized carbons (Fsp3) is 0.200. The largest absolute Gasteiger partial charge is 0.399 e. The zero-order valence-electron chi connectivity index (χ0n) is 14.2. The van der Waals surface area contributed by atoms with E-state index in [-0.39, 0.29) is 29.7 Å². The molecule has 0 atom stereocenters. The lowest BCUT2D eigenvalue weighted by molar-refractivity contribution is -0.161. The number of rotatable bonds is 2. The minimum Gasteiger partial charge on any atom is -0.278 e. The Morgan fingerprint density at radius 2 is 1.71 bits per heavy atom. The number of fused-ring (bicyclic) bond motifs is 2. The first-order chi connectivity index (χ1) is 13.3. The van der Waals surface area contributed by atoms with Gasteiger partial charge in [0.05, 0.1) is 17.4 Å². The van der Waals surface area contributed by atoms with Gasteiger partial charge in [-0.15, -0.1) is 0 Å². The van der Waals surface area contributed by atoms with Gasteiger partial charge in [0, 0.05) is 22.5 Å². The fourth-order valence-electron chi connectivity index (χ4n) is 3.74. The highest BCUT2D eigenvalue weighted by Gasteiger charge is 2.66. The van der Waals surface area contributed by atoms with Gasteiger partial charge in [-0.2, -0.15) is 18.3 Å². The molecule has 5 rings (SSSR count). The minimum atomic E-state index is -4.49. The summed E-state index contributed by atoms with van der Waals surface area (Å²) in [5.74, 6) is -2.19. The highest BCUT2D eigenvalue weighted by Crippen LogP contribution is 2.60. The smallest absolute Gasteiger partial charge is 0.278 e. The standard InChI is InChI=1S/C20H12F5N3/c21-14-2-1-10(6-15(14)22)17-13-5-12-9-27-28-16(12)7-11(13)8-26-18(17)19(3-4-19)20(23,24)25/h1-2,5-9H,3-4H2,(H,27,28). The molecule has 28 heavy (non-hydrogen) atoms. The Hall–Kier alpha value is -3.03. The highest BCUT2D eigenvalue weighted by atomic mass is 19.4. The van der Waals surface area contributed by atoms with Gasteiger partial charge in [0.1, 0.15) is 5.41 Å². The van der Waals surface area contributed by atoms with Crippen LogP contribution in [0, 0.1) is 11.6 Å². The molecule has 2 aromatic heterocycles. The lowest BCUT2D eigenvalue weighted by atomic mass is 9.88. The van der Waals surface area contributed by atoms with Crippen molar-refractivity contribution in [1.82, 2.24) is 15.2 Å². The first-order valence-electron chi connectivity index (χ1n) is 8.59. The summed E-state index contributed by atoms with van der Waals surface area (Å²) in [5, 5.41) is 8.51. The lowest BCUT2D eigenvalue weighted by Gasteiger charge is -2.23. The van der Waals surface area contributed by atoms with E-state index >= 15 is 0 Å². The Balaban J connectivity index is 1.89. The molecule has 0 unspecified atom stereocenters. The first-order valence-corrected chi connectivity index (χ1v) is 8.59. The molecule has 1 aliphatic carbocycles. The van der Waals surface area contributed by atoms with Crippen LogP contribution in [0.25, 0.3) is 32.8 Å². The Bertz CT molecular complexity index is 1240. The van der Waals surface area contributed by atoms with Gasteiger partial charge in [-0.1, -0.05) is 6.07 Å². The average molecular weight is 389 g/mol. The van der Waals surface area contributed by atoms with Crippen LogP contribution in [0.3, 0.4) is 0 Å². The van der Waals surface area contributed by atoms with E-state index in [0.717, 1.165) is 12.1 Å². The molecule has 1 N–H and O–H groups in total. The van der Waals surface area contributed by atoms with Crippen molar-refractivity contribution in [1.29, 1.82) is 0 Å². The molecule has 1 saturated carbocycles. The number of aromatic nitrogens is 3. The number of aromatic amines is 1. The maximum atomic E-state index is 13.9. The van der Waals surface area contributed by atoms with Gasteiger partial charge in [0.2, 0.25) is 0 Å². The monoisotopic (exact) mass is 389 g/mol. The number of nitrogens with one attached hydrogen (secondary N) is 1. The topological polar surface area (TPSA) is 41.6 Å². The molecular weight excluding hydrogens is 377 g/mol. The number of H-pyrrole nitrogens is 1. The van der Waals surface area contributed by atoms with Crippen LogP contribution in [0.1, 0.15) is 18.5 Å². The Kier molecular flexibility index (Phi) is 3.36. The van der Waals surface area contributed by atoms with Crippen LogP contribution in [-0.4, -0.2) is 21.4 Å². The minimum absolute atomic E-state index is 0.0837. The van der Waals surface area contributed by atoms with Crippen LogP contribution >= 0.6 is 0 Å². The molecule has 0 saturated heterocycles. The van der Waals surface area contributed by atoms with Crippen molar-refractivity contribution in [3.63, 3.8) is 0 Å². The lowest BCUT2D eigenvalue weighted by Crippen LogP contribution is -2.30. The number of nitrogens with zero attached hydrogens (tertiary/aromatic N) is 2. The molecule has 2 aromatic carbocycles. The summed E-state index contributed by atoms with van der Waals surface area (Å²) in [6.45, 7) is 0. The third-order valence-corrected chi connectivity index (χ3v) is 5.40. The van der Waals surface area contributed by atoms with Crippen molar-refractivity contribution in [2.24, 2.45) is 0 Å². The summed E-state index contributed by atoms with van der Waals surface area (Å²) in [6, 6.07) is 6.54. The molecule has 0 amide bonds. The summed E-state index contributed by atoms with van der Waals surface area (Å²) in [6.07, 6.45) is -1.71. The molecule has 0 bridgehead atoms. The SMILES string of the molecule is Fc1ccc(-c2c(C3(C(F)(F)F)CC3)ncc3cc4[nH]ncc4cc23)cc1F. The number of hydrogen-bond donors (Lipinski definition) is 1. The number of halogens is 5. The van der Waals surface area contributed by atoms with Crippen LogP contribution in [0.2, 0.25) is 0 Å². The van der Waals surface area contributed by atoms with Crippen molar-refractivity contribution in [3.05, 3.63) is 60.1 Å². The molecular formula is C20H12F5N3. The maximum absolute atomic E-state index is 13.9. The third kappa shape index (κ3) is 2.33. The summed E-state index contributed by atoms with van der Waals surface area (Å²) in [4.78, 5) is 4.16. The molecule has 1 fully saturated rings. The second-order valence-electron chi connectivity index (χ2n) is 7.09. The second-order valence-corrected chi connectivity index (χ2v) is 7.09. The molecule has 0 aliphatic heterocycles. The van der Waals surface area contributed by atoms with E-state index in [1.165, 1.54) is 12.3 Å². The van der Waals surface area contributed by atoms with Crippen molar-refractivity contribution in [2.75, 3.05) is 0 Å². The molecule has 4 aromatic rings.